The summed E-state index contributed by atoms with van der Waals surface area (Å²) in [6.07, 6.45) is 0. The summed E-state index contributed by atoms with van der Waals surface area (Å²) in [5.41, 5.74) is 4.62. The largest absolute Gasteiger partial charge is 0.497 e. The van der Waals surface area contributed by atoms with Crippen molar-refractivity contribution in [2.45, 2.75) is 9.79 Å². The summed E-state index contributed by atoms with van der Waals surface area (Å²) in [5.74, 6) is 0.848. The maximum absolute atomic E-state index is 5.37. The second-order valence-corrected chi connectivity index (χ2v) is 8.60. The lowest BCUT2D eigenvalue weighted by atomic mass is 9.95. The second-order valence-electron chi connectivity index (χ2n) is 6.69. The molecule has 0 aliphatic carbocycles. The Morgan fingerprint density at radius 3 is 1.93 bits per heavy atom. The van der Waals surface area contributed by atoms with E-state index < -0.39 is 0 Å². The number of hydrogen-bond acceptors (Lipinski definition) is 2. The van der Waals surface area contributed by atoms with Gasteiger partial charge >= 0.3 is 0 Å². The van der Waals surface area contributed by atoms with Crippen LogP contribution in [0, 0.1) is 0 Å². The Morgan fingerprint density at radius 2 is 1.27 bits per heavy atom. The van der Waals surface area contributed by atoms with Gasteiger partial charge in [-0.05, 0) is 63.0 Å². The highest BCUT2D eigenvalue weighted by Gasteiger charge is 2.16. The number of ether oxygens (including phenoxy) is 1. The van der Waals surface area contributed by atoms with Gasteiger partial charge in [0.15, 0.2) is 0 Å². The van der Waals surface area contributed by atoms with E-state index in [1.54, 1.807) is 18.9 Å². The molecule has 148 valence electrons. The van der Waals surface area contributed by atoms with Gasteiger partial charge in [-0.2, -0.15) is 0 Å². The summed E-state index contributed by atoms with van der Waals surface area (Å²) in [6.45, 7) is 0. The van der Waals surface area contributed by atoms with Crippen LogP contribution >= 0.6 is 27.7 Å². The van der Waals surface area contributed by atoms with E-state index in [4.69, 9.17) is 4.74 Å². The molecule has 0 radical (unpaired) electrons. The monoisotopic (exact) mass is 472 g/mol. The number of methoxy groups -OCH3 is 1. The molecule has 0 amide bonds. The third-order valence-corrected chi connectivity index (χ3v) is 6.69. The minimum atomic E-state index is 0.848. The topological polar surface area (TPSA) is 9.23 Å². The molecule has 4 aromatic carbocycles. The summed E-state index contributed by atoms with van der Waals surface area (Å²) in [6, 6.07) is 37.7. The zero-order valence-electron chi connectivity index (χ0n) is 16.6. The first-order chi connectivity index (χ1) is 14.8. The van der Waals surface area contributed by atoms with E-state index in [1.807, 2.05) is 24.3 Å². The highest BCUT2D eigenvalue weighted by molar-refractivity contribution is 9.15. The van der Waals surface area contributed by atoms with Crippen molar-refractivity contribution in [1.82, 2.24) is 0 Å². The highest BCUT2D eigenvalue weighted by atomic mass is 79.9. The molecule has 0 bridgehead atoms. The molecule has 0 saturated carbocycles. The van der Waals surface area contributed by atoms with Crippen molar-refractivity contribution in [2.24, 2.45) is 0 Å². The van der Waals surface area contributed by atoms with Crippen molar-refractivity contribution in [3.05, 3.63) is 126 Å². The van der Waals surface area contributed by atoms with Crippen LogP contribution in [-0.4, -0.2) is 7.11 Å². The molecular formula is C27H21BrOS. The first-order valence-electron chi connectivity index (χ1n) is 9.68. The zero-order chi connectivity index (χ0) is 20.8. The number of rotatable bonds is 6. The smallest absolute Gasteiger partial charge is 0.118 e. The molecule has 0 spiro atoms. The Labute approximate surface area is 190 Å². The minimum absolute atomic E-state index is 0.848. The number of hydrogen-bond donors (Lipinski definition) is 0. The quantitative estimate of drug-likeness (QED) is 0.261. The summed E-state index contributed by atoms with van der Waals surface area (Å²) < 4.78 is 6.43. The molecule has 3 heteroatoms. The fraction of sp³-hybridized carbons (Fsp3) is 0.0370. The van der Waals surface area contributed by atoms with Crippen LogP contribution in [0.1, 0.15) is 16.7 Å². The highest BCUT2D eigenvalue weighted by Crippen LogP contribution is 2.41. The molecule has 0 fully saturated rings. The molecule has 30 heavy (non-hydrogen) atoms. The SMILES string of the molecule is COc1ccc(/C(=C(\Br)c2ccccc2)c2ccccc2Sc2ccccc2)cc1. The van der Waals surface area contributed by atoms with Crippen molar-refractivity contribution in [3.63, 3.8) is 0 Å². The first-order valence-corrected chi connectivity index (χ1v) is 11.3. The van der Waals surface area contributed by atoms with Crippen molar-refractivity contribution in [1.29, 1.82) is 0 Å². The van der Waals surface area contributed by atoms with Gasteiger partial charge in [-0.1, -0.05) is 90.6 Å². The zero-order valence-corrected chi connectivity index (χ0v) is 19.0. The normalized spacial score (nSPS) is 11.7. The van der Waals surface area contributed by atoms with Gasteiger partial charge in [0.25, 0.3) is 0 Å². The fourth-order valence-corrected chi connectivity index (χ4v) is 4.95. The third kappa shape index (κ3) is 4.69. The molecular weight excluding hydrogens is 452 g/mol. The Bertz CT molecular complexity index is 1140. The van der Waals surface area contributed by atoms with Gasteiger partial charge in [0.2, 0.25) is 0 Å². The van der Waals surface area contributed by atoms with E-state index in [0.29, 0.717) is 0 Å². The van der Waals surface area contributed by atoms with Crippen LogP contribution in [0.3, 0.4) is 0 Å². The Kier molecular flexibility index (Phi) is 6.73. The predicted octanol–water partition coefficient (Wildman–Crippen LogP) is 8.16. The van der Waals surface area contributed by atoms with E-state index in [1.165, 1.54) is 15.4 Å². The minimum Gasteiger partial charge on any atom is -0.497 e. The van der Waals surface area contributed by atoms with Gasteiger partial charge in [0.05, 0.1) is 7.11 Å². The lowest BCUT2D eigenvalue weighted by Crippen LogP contribution is -1.94. The summed E-state index contributed by atoms with van der Waals surface area (Å²) in [4.78, 5) is 2.43. The Balaban J connectivity index is 1.89. The van der Waals surface area contributed by atoms with Gasteiger partial charge < -0.3 is 4.74 Å². The lowest BCUT2D eigenvalue weighted by molar-refractivity contribution is 0.415. The Morgan fingerprint density at radius 1 is 0.667 bits per heavy atom. The van der Waals surface area contributed by atoms with E-state index in [0.717, 1.165) is 26.9 Å². The molecule has 0 aromatic heterocycles. The van der Waals surface area contributed by atoms with Crippen LogP contribution in [0.4, 0.5) is 0 Å². The summed E-state index contributed by atoms with van der Waals surface area (Å²) in [7, 11) is 1.69. The fourth-order valence-electron chi connectivity index (χ4n) is 3.26. The Hall–Kier alpha value is -2.75. The van der Waals surface area contributed by atoms with Crippen LogP contribution < -0.4 is 4.74 Å². The molecule has 0 saturated heterocycles. The van der Waals surface area contributed by atoms with Crippen LogP contribution in [0.25, 0.3) is 10.1 Å². The molecule has 0 aliphatic heterocycles. The summed E-state index contributed by atoms with van der Waals surface area (Å²) >= 11 is 5.70. The molecule has 0 N–H and O–H groups in total. The van der Waals surface area contributed by atoms with E-state index in [2.05, 4.69) is 101 Å². The second kappa shape index (κ2) is 9.84. The average molecular weight is 473 g/mol. The van der Waals surface area contributed by atoms with Gasteiger partial charge in [0.1, 0.15) is 5.75 Å². The van der Waals surface area contributed by atoms with Crippen LogP contribution in [0.15, 0.2) is 119 Å². The first kappa shape index (κ1) is 20.5. The van der Waals surface area contributed by atoms with Crippen molar-refractivity contribution in [2.75, 3.05) is 7.11 Å². The van der Waals surface area contributed by atoms with Crippen LogP contribution in [0.2, 0.25) is 0 Å². The van der Waals surface area contributed by atoms with Gasteiger partial charge in [-0.15, -0.1) is 0 Å². The maximum atomic E-state index is 5.37. The molecule has 0 heterocycles. The third-order valence-electron chi connectivity index (χ3n) is 4.75. The van der Waals surface area contributed by atoms with Crippen molar-refractivity contribution in [3.8, 4) is 5.75 Å². The number of halogens is 1. The standard InChI is InChI=1S/C27H21BrOS/c1-29-22-18-16-20(17-19-22)26(27(28)21-10-4-2-5-11-21)24-14-8-9-15-25(24)30-23-12-6-3-7-13-23/h2-19H,1H3/b27-26+. The van der Waals surface area contributed by atoms with Gasteiger partial charge in [-0.25, -0.2) is 0 Å². The molecule has 0 unspecified atom stereocenters. The molecule has 1 nitrogen and oxygen atoms in total. The molecule has 0 aliphatic rings. The van der Waals surface area contributed by atoms with E-state index in [-0.39, 0.29) is 0 Å². The van der Waals surface area contributed by atoms with E-state index >= 15 is 0 Å². The molecule has 4 aromatic rings. The molecule has 4 rings (SSSR count). The van der Waals surface area contributed by atoms with Crippen molar-refractivity contribution >= 4 is 37.7 Å². The van der Waals surface area contributed by atoms with Crippen LogP contribution in [0.5, 0.6) is 5.75 Å². The van der Waals surface area contributed by atoms with E-state index in [9.17, 15) is 0 Å². The van der Waals surface area contributed by atoms with Gasteiger partial charge in [0, 0.05) is 19.8 Å². The average Bonchev–Trinajstić information content (AvgIpc) is 2.82. The maximum Gasteiger partial charge on any atom is 0.118 e. The predicted molar refractivity (Wildman–Crippen MR) is 131 cm³/mol. The van der Waals surface area contributed by atoms with Crippen LogP contribution in [-0.2, 0) is 0 Å². The molecule has 0 atom stereocenters. The number of benzene rings is 4. The van der Waals surface area contributed by atoms with Crippen molar-refractivity contribution < 1.29 is 4.74 Å². The summed E-state index contributed by atoms with van der Waals surface area (Å²) in [5, 5.41) is 0. The lowest BCUT2D eigenvalue weighted by Gasteiger charge is -2.17. The van der Waals surface area contributed by atoms with Gasteiger partial charge in [-0.3, -0.25) is 0 Å².